The first-order chi connectivity index (χ1) is 10.3. The van der Waals surface area contributed by atoms with E-state index < -0.39 is 0 Å². The quantitative estimate of drug-likeness (QED) is 0.872. The molecule has 2 N–H and O–H groups in total. The molecule has 0 aliphatic heterocycles. The zero-order valence-electron chi connectivity index (χ0n) is 12.7. The largest absolute Gasteiger partial charge is 0.497 e. The predicted molar refractivity (Wildman–Crippen MR) is 84.4 cm³/mol. The number of methoxy groups -OCH3 is 1. The molecule has 0 heterocycles. The third-order valence-corrected chi connectivity index (χ3v) is 3.74. The fraction of sp³-hybridized carbons (Fsp3) is 0.471. The number of carbonyl (C=O) groups is 1. The molecule has 1 saturated carbocycles. The molecule has 0 atom stereocenters. The minimum absolute atomic E-state index is 0.129. The second-order valence-corrected chi connectivity index (χ2v) is 5.37. The Hall–Kier alpha value is -1.97. The summed E-state index contributed by atoms with van der Waals surface area (Å²) in [6, 6.07) is 7.77. The molecule has 4 heteroatoms. The van der Waals surface area contributed by atoms with Crippen LogP contribution < -0.4 is 15.4 Å². The van der Waals surface area contributed by atoms with Crippen LogP contribution in [-0.4, -0.2) is 19.7 Å². The molecule has 1 aliphatic carbocycles. The van der Waals surface area contributed by atoms with Gasteiger partial charge >= 0.3 is 6.03 Å². The molecule has 0 unspecified atom stereocenters. The molecule has 0 bridgehead atoms. The van der Waals surface area contributed by atoms with Gasteiger partial charge in [-0.15, -0.1) is 0 Å². The number of allylic oxidation sites excluding steroid dienone is 1. The van der Waals surface area contributed by atoms with Gasteiger partial charge in [-0.25, -0.2) is 4.79 Å². The van der Waals surface area contributed by atoms with Crippen LogP contribution in [-0.2, 0) is 6.42 Å². The van der Waals surface area contributed by atoms with Gasteiger partial charge in [0.25, 0.3) is 0 Å². The van der Waals surface area contributed by atoms with Crippen LogP contribution in [0.2, 0.25) is 0 Å². The first-order valence-electron chi connectivity index (χ1n) is 7.63. The summed E-state index contributed by atoms with van der Waals surface area (Å²) in [5.41, 5.74) is 2.50. The van der Waals surface area contributed by atoms with Gasteiger partial charge in [-0.3, -0.25) is 0 Å². The SMILES string of the molecule is COc1cccc(CCNC(=O)NC=C2CCCCC2)c1. The number of carbonyl (C=O) groups excluding carboxylic acids is 1. The van der Waals surface area contributed by atoms with E-state index >= 15 is 0 Å². The Morgan fingerprint density at radius 3 is 2.86 bits per heavy atom. The van der Waals surface area contributed by atoms with Crippen LogP contribution in [0.3, 0.4) is 0 Å². The Bertz CT molecular complexity index is 489. The first kappa shape index (κ1) is 15.4. The minimum Gasteiger partial charge on any atom is -0.497 e. The van der Waals surface area contributed by atoms with Gasteiger partial charge in [0.05, 0.1) is 7.11 Å². The number of ether oxygens (including phenoxy) is 1. The van der Waals surface area contributed by atoms with Crippen LogP contribution in [0.15, 0.2) is 36.0 Å². The lowest BCUT2D eigenvalue weighted by Crippen LogP contribution is -2.33. The smallest absolute Gasteiger partial charge is 0.318 e. The summed E-state index contributed by atoms with van der Waals surface area (Å²) in [6.07, 6.45) is 8.69. The van der Waals surface area contributed by atoms with E-state index in [9.17, 15) is 4.79 Å². The number of rotatable bonds is 5. The van der Waals surface area contributed by atoms with E-state index in [1.54, 1.807) is 7.11 Å². The Morgan fingerprint density at radius 2 is 2.10 bits per heavy atom. The highest BCUT2D eigenvalue weighted by Gasteiger charge is 2.05. The molecule has 1 fully saturated rings. The number of urea groups is 1. The van der Waals surface area contributed by atoms with Gasteiger partial charge in [0, 0.05) is 12.7 Å². The summed E-state index contributed by atoms with van der Waals surface area (Å²) < 4.78 is 5.18. The summed E-state index contributed by atoms with van der Waals surface area (Å²) >= 11 is 0. The van der Waals surface area contributed by atoms with Gasteiger partial charge < -0.3 is 15.4 Å². The predicted octanol–water partition coefficient (Wildman–Crippen LogP) is 3.38. The van der Waals surface area contributed by atoms with Gasteiger partial charge in [0.2, 0.25) is 0 Å². The highest BCUT2D eigenvalue weighted by Crippen LogP contribution is 2.21. The van der Waals surface area contributed by atoms with E-state index in [4.69, 9.17) is 4.74 Å². The summed E-state index contributed by atoms with van der Waals surface area (Å²) in [6.45, 7) is 0.613. The molecule has 21 heavy (non-hydrogen) atoms. The molecule has 0 spiro atoms. The first-order valence-corrected chi connectivity index (χ1v) is 7.63. The number of hydrogen-bond acceptors (Lipinski definition) is 2. The van der Waals surface area contributed by atoms with Crippen molar-refractivity contribution in [2.24, 2.45) is 0 Å². The average molecular weight is 288 g/mol. The maximum absolute atomic E-state index is 11.7. The van der Waals surface area contributed by atoms with E-state index in [1.807, 2.05) is 30.5 Å². The monoisotopic (exact) mass is 288 g/mol. The maximum atomic E-state index is 11.7. The molecule has 1 aliphatic rings. The zero-order chi connectivity index (χ0) is 14.9. The topological polar surface area (TPSA) is 50.4 Å². The molecule has 4 nitrogen and oxygen atoms in total. The van der Waals surface area contributed by atoms with Crippen molar-refractivity contribution >= 4 is 6.03 Å². The van der Waals surface area contributed by atoms with Crippen molar-refractivity contribution in [2.45, 2.75) is 38.5 Å². The Morgan fingerprint density at radius 1 is 1.29 bits per heavy atom. The molecule has 1 aromatic rings. The standard InChI is InChI=1S/C17H24N2O2/c1-21-16-9-5-8-14(12-16)10-11-18-17(20)19-13-15-6-3-2-4-7-15/h5,8-9,12-13H,2-4,6-7,10-11H2,1H3,(H2,18,19,20). The Balaban J connectivity index is 1.68. The lowest BCUT2D eigenvalue weighted by molar-refractivity contribution is 0.244. The van der Waals surface area contributed by atoms with Crippen LogP contribution in [0.5, 0.6) is 5.75 Å². The number of hydrogen-bond donors (Lipinski definition) is 2. The molecule has 0 radical (unpaired) electrons. The third kappa shape index (κ3) is 5.50. The average Bonchev–Trinajstić information content (AvgIpc) is 2.54. The van der Waals surface area contributed by atoms with E-state index in [2.05, 4.69) is 10.6 Å². The summed E-state index contributed by atoms with van der Waals surface area (Å²) in [7, 11) is 1.66. The second kappa shape index (κ2) is 8.35. The lowest BCUT2D eigenvalue weighted by atomic mass is 9.96. The Kier molecular flexibility index (Phi) is 6.13. The molecule has 2 amide bonds. The normalized spacial score (nSPS) is 14.4. The van der Waals surface area contributed by atoms with Gasteiger partial charge in [0.15, 0.2) is 0 Å². The zero-order valence-corrected chi connectivity index (χ0v) is 12.7. The maximum Gasteiger partial charge on any atom is 0.318 e. The van der Waals surface area contributed by atoms with Crippen molar-refractivity contribution in [3.05, 3.63) is 41.6 Å². The van der Waals surface area contributed by atoms with Crippen molar-refractivity contribution in [1.29, 1.82) is 0 Å². The second-order valence-electron chi connectivity index (χ2n) is 5.37. The van der Waals surface area contributed by atoms with Crippen LogP contribution in [0.25, 0.3) is 0 Å². The lowest BCUT2D eigenvalue weighted by Gasteiger charge is -2.13. The fourth-order valence-electron chi connectivity index (χ4n) is 2.52. The van der Waals surface area contributed by atoms with Crippen molar-refractivity contribution in [3.63, 3.8) is 0 Å². The molecule has 1 aromatic carbocycles. The highest BCUT2D eigenvalue weighted by atomic mass is 16.5. The van der Waals surface area contributed by atoms with Crippen molar-refractivity contribution in [1.82, 2.24) is 10.6 Å². The van der Waals surface area contributed by atoms with Crippen LogP contribution >= 0.6 is 0 Å². The summed E-state index contributed by atoms with van der Waals surface area (Å²) in [5.74, 6) is 0.846. The fourth-order valence-corrected chi connectivity index (χ4v) is 2.52. The molecule has 0 aromatic heterocycles. The van der Waals surface area contributed by atoms with E-state index in [-0.39, 0.29) is 6.03 Å². The van der Waals surface area contributed by atoms with Crippen molar-refractivity contribution < 1.29 is 9.53 Å². The summed E-state index contributed by atoms with van der Waals surface area (Å²) in [5, 5.41) is 5.70. The van der Waals surface area contributed by atoms with Crippen LogP contribution in [0.4, 0.5) is 4.79 Å². The molecule has 2 rings (SSSR count). The molecule has 0 saturated heterocycles. The van der Waals surface area contributed by atoms with Crippen LogP contribution in [0, 0.1) is 0 Å². The molecular formula is C17H24N2O2. The molecule has 114 valence electrons. The van der Waals surface area contributed by atoms with Crippen molar-refractivity contribution in [2.75, 3.05) is 13.7 Å². The van der Waals surface area contributed by atoms with Gasteiger partial charge in [-0.2, -0.15) is 0 Å². The number of amides is 2. The van der Waals surface area contributed by atoms with Crippen molar-refractivity contribution in [3.8, 4) is 5.75 Å². The highest BCUT2D eigenvalue weighted by molar-refractivity contribution is 5.74. The third-order valence-electron chi connectivity index (χ3n) is 3.74. The van der Waals surface area contributed by atoms with Gasteiger partial charge in [0.1, 0.15) is 5.75 Å². The minimum atomic E-state index is -0.129. The van der Waals surface area contributed by atoms with Crippen LogP contribution in [0.1, 0.15) is 37.7 Å². The Labute approximate surface area is 126 Å². The number of benzene rings is 1. The van der Waals surface area contributed by atoms with E-state index in [0.29, 0.717) is 6.54 Å². The van der Waals surface area contributed by atoms with Gasteiger partial charge in [-0.1, -0.05) is 24.1 Å². The van der Waals surface area contributed by atoms with E-state index in [1.165, 1.54) is 24.8 Å². The summed E-state index contributed by atoms with van der Waals surface area (Å²) in [4.78, 5) is 11.7. The van der Waals surface area contributed by atoms with Gasteiger partial charge in [-0.05, 0) is 49.8 Å². The van der Waals surface area contributed by atoms with E-state index in [0.717, 1.165) is 30.6 Å². The molecular weight excluding hydrogens is 264 g/mol. The number of nitrogens with one attached hydrogen (secondary N) is 2.